The van der Waals surface area contributed by atoms with Crippen LogP contribution in [0, 0.1) is 0 Å². The molecular formula is C10H13N3S. The second-order valence-corrected chi connectivity index (χ2v) is 4.10. The number of imidazole rings is 1. The quantitative estimate of drug-likeness (QED) is 0.778. The van der Waals surface area contributed by atoms with E-state index in [-0.39, 0.29) is 0 Å². The number of fused-ring (bicyclic) bond motifs is 1. The number of rotatable bonds is 4. The summed E-state index contributed by atoms with van der Waals surface area (Å²) in [7, 11) is 0. The van der Waals surface area contributed by atoms with Gasteiger partial charge >= 0.3 is 0 Å². The number of hydrogen-bond acceptors (Lipinski definition) is 3. The number of nitrogens with one attached hydrogen (secondary N) is 1. The van der Waals surface area contributed by atoms with E-state index < -0.39 is 0 Å². The number of hydrogen-bond donors (Lipinski definition) is 1. The standard InChI is InChI=1S/C10H13N3S/c1-3-8(2)11-6-9-7-13-4-5-14-10(13)12-9/h3-5,7-8,11H,1,6H2,2H3. The Morgan fingerprint density at radius 2 is 2.64 bits per heavy atom. The lowest BCUT2D eigenvalue weighted by Crippen LogP contribution is -2.22. The van der Waals surface area contributed by atoms with Gasteiger partial charge in [0.1, 0.15) is 0 Å². The Morgan fingerprint density at radius 1 is 1.79 bits per heavy atom. The molecule has 2 aromatic rings. The van der Waals surface area contributed by atoms with E-state index in [0.29, 0.717) is 6.04 Å². The van der Waals surface area contributed by atoms with Crippen molar-refractivity contribution in [3.05, 3.63) is 36.1 Å². The number of nitrogens with zero attached hydrogens (tertiary/aromatic N) is 2. The SMILES string of the molecule is C=CC(C)NCc1cn2ccsc2n1. The minimum absolute atomic E-state index is 0.328. The molecule has 0 aliphatic heterocycles. The third-order valence-corrected chi connectivity index (χ3v) is 2.87. The van der Waals surface area contributed by atoms with Crippen LogP contribution in [0.4, 0.5) is 0 Å². The average molecular weight is 207 g/mol. The Kier molecular flexibility index (Phi) is 2.65. The second kappa shape index (κ2) is 3.94. The molecule has 1 atom stereocenters. The highest BCUT2D eigenvalue weighted by Crippen LogP contribution is 2.11. The summed E-state index contributed by atoms with van der Waals surface area (Å²) in [4.78, 5) is 5.51. The molecule has 2 aromatic heterocycles. The molecule has 0 saturated heterocycles. The zero-order chi connectivity index (χ0) is 9.97. The van der Waals surface area contributed by atoms with Crippen LogP contribution in [0.2, 0.25) is 0 Å². The minimum atomic E-state index is 0.328. The van der Waals surface area contributed by atoms with E-state index in [1.807, 2.05) is 22.1 Å². The summed E-state index contributed by atoms with van der Waals surface area (Å²) in [5.74, 6) is 0. The molecular weight excluding hydrogens is 194 g/mol. The highest BCUT2D eigenvalue weighted by atomic mass is 32.1. The Balaban J connectivity index is 2.05. The lowest BCUT2D eigenvalue weighted by molar-refractivity contribution is 0.627. The van der Waals surface area contributed by atoms with Crippen LogP contribution in [-0.2, 0) is 6.54 Å². The topological polar surface area (TPSA) is 29.3 Å². The van der Waals surface area contributed by atoms with E-state index in [9.17, 15) is 0 Å². The normalized spacial score (nSPS) is 13.2. The third-order valence-electron chi connectivity index (χ3n) is 2.10. The van der Waals surface area contributed by atoms with Gasteiger partial charge in [-0.25, -0.2) is 4.98 Å². The van der Waals surface area contributed by atoms with Gasteiger partial charge < -0.3 is 5.32 Å². The van der Waals surface area contributed by atoms with Gasteiger partial charge in [-0.2, -0.15) is 0 Å². The van der Waals surface area contributed by atoms with Crippen LogP contribution in [-0.4, -0.2) is 15.4 Å². The summed E-state index contributed by atoms with van der Waals surface area (Å²) in [5, 5.41) is 5.34. The van der Waals surface area contributed by atoms with Crippen molar-refractivity contribution in [1.82, 2.24) is 14.7 Å². The summed E-state index contributed by atoms with van der Waals surface area (Å²) >= 11 is 1.65. The van der Waals surface area contributed by atoms with Gasteiger partial charge in [-0.1, -0.05) is 6.08 Å². The van der Waals surface area contributed by atoms with Gasteiger partial charge in [-0.3, -0.25) is 4.40 Å². The summed E-state index contributed by atoms with van der Waals surface area (Å²) in [6.07, 6.45) is 5.96. The van der Waals surface area contributed by atoms with Crippen molar-refractivity contribution < 1.29 is 0 Å². The Hall–Kier alpha value is -1.13. The fraction of sp³-hybridized carbons (Fsp3) is 0.300. The van der Waals surface area contributed by atoms with Gasteiger partial charge in [0.2, 0.25) is 0 Å². The van der Waals surface area contributed by atoms with Crippen LogP contribution >= 0.6 is 11.3 Å². The molecule has 3 nitrogen and oxygen atoms in total. The number of aromatic nitrogens is 2. The van der Waals surface area contributed by atoms with Crippen LogP contribution < -0.4 is 5.32 Å². The summed E-state index contributed by atoms with van der Waals surface area (Å²) in [6.45, 7) is 6.59. The summed E-state index contributed by atoms with van der Waals surface area (Å²) < 4.78 is 2.04. The molecule has 2 heterocycles. The Bertz CT molecular complexity index is 401. The van der Waals surface area contributed by atoms with Crippen molar-refractivity contribution in [2.45, 2.75) is 19.5 Å². The van der Waals surface area contributed by atoms with E-state index in [4.69, 9.17) is 0 Å². The highest BCUT2D eigenvalue weighted by molar-refractivity contribution is 7.15. The van der Waals surface area contributed by atoms with Gasteiger partial charge in [0, 0.05) is 30.4 Å². The molecule has 0 saturated carbocycles. The monoisotopic (exact) mass is 207 g/mol. The first-order valence-corrected chi connectivity index (χ1v) is 5.44. The predicted octanol–water partition coefficient (Wildman–Crippen LogP) is 2.06. The highest BCUT2D eigenvalue weighted by Gasteiger charge is 2.02. The molecule has 0 amide bonds. The molecule has 14 heavy (non-hydrogen) atoms. The number of thiazole rings is 1. The van der Waals surface area contributed by atoms with E-state index >= 15 is 0 Å². The van der Waals surface area contributed by atoms with Gasteiger partial charge in [0.15, 0.2) is 4.96 Å². The molecule has 4 heteroatoms. The first-order chi connectivity index (χ1) is 6.79. The Morgan fingerprint density at radius 3 is 3.36 bits per heavy atom. The average Bonchev–Trinajstić information content (AvgIpc) is 2.73. The second-order valence-electron chi connectivity index (χ2n) is 3.23. The molecule has 0 aliphatic rings. The zero-order valence-corrected chi connectivity index (χ0v) is 8.92. The smallest absolute Gasteiger partial charge is 0.193 e. The summed E-state index contributed by atoms with van der Waals surface area (Å²) in [6, 6.07) is 0.328. The molecule has 0 spiro atoms. The fourth-order valence-electron chi connectivity index (χ4n) is 1.21. The lowest BCUT2D eigenvalue weighted by Gasteiger charge is -2.05. The molecule has 0 aliphatic carbocycles. The zero-order valence-electron chi connectivity index (χ0n) is 8.10. The van der Waals surface area contributed by atoms with Gasteiger partial charge in [-0.15, -0.1) is 17.9 Å². The van der Waals surface area contributed by atoms with Crippen LogP contribution in [0.3, 0.4) is 0 Å². The molecule has 2 rings (SSSR count). The van der Waals surface area contributed by atoms with Crippen molar-refractivity contribution in [3.63, 3.8) is 0 Å². The maximum Gasteiger partial charge on any atom is 0.193 e. The molecule has 1 N–H and O–H groups in total. The predicted molar refractivity (Wildman–Crippen MR) is 59.6 cm³/mol. The van der Waals surface area contributed by atoms with E-state index in [1.165, 1.54) is 0 Å². The minimum Gasteiger partial charge on any atom is -0.305 e. The maximum atomic E-state index is 4.46. The van der Waals surface area contributed by atoms with Gasteiger partial charge in [0.25, 0.3) is 0 Å². The largest absolute Gasteiger partial charge is 0.305 e. The lowest BCUT2D eigenvalue weighted by atomic mass is 10.3. The van der Waals surface area contributed by atoms with E-state index in [0.717, 1.165) is 17.2 Å². The van der Waals surface area contributed by atoms with Crippen molar-refractivity contribution in [2.24, 2.45) is 0 Å². The molecule has 1 unspecified atom stereocenters. The van der Waals surface area contributed by atoms with Crippen LogP contribution in [0.5, 0.6) is 0 Å². The first-order valence-electron chi connectivity index (χ1n) is 4.56. The molecule has 0 radical (unpaired) electrons. The molecule has 0 bridgehead atoms. The van der Waals surface area contributed by atoms with Crippen molar-refractivity contribution >= 4 is 16.3 Å². The van der Waals surface area contributed by atoms with Crippen molar-refractivity contribution in [3.8, 4) is 0 Å². The van der Waals surface area contributed by atoms with Gasteiger partial charge in [0.05, 0.1) is 5.69 Å². The van der Waals surface area contributed by atoms with Crippen LogP contribution in [0.1, 0.15) is 12.6 Å². The molecule has 74 valence electrons. The maximum absolute atomic E-state index is 4.46. The van der Waals surface area contributed by atoms with Crippen LogP contribution in [0.15, 0.2) is 30.4 Å². The van der Waals surface area contributed by atoms with Crippen molar-refractivity contribution in [1.29, 1.82) is 0 Å². The molecule has 0 fully saturated rings. The fourth-order valence-corrected chi connectivity index (χ4v) is 1.93. The van der Waals surface area contributed by atoms with Crippen LogP contribution in [0.25, 0.3) is 4.96 Å². The first kappa shape index (κ1) is 9.43. The van der Waals surface area contributed by atoms with Crippen molar-refractivity contribution in [2.75, 3.05) is 0 Å². The third kappa shape index (κ3) is 1.86. The Labute approximate surface area is 87.1 Å². The van der Waals surface area contributed by atoms with Gasteiger partial charge in [-0.05, 0) is 6.92 Å². The van der Waals surface area contributed by atoms with E-state index in [2.05, 4.69) is 30.0 Å². The van der Waals surface area contributed by atoms with E-state index in [1.54, 1.807) is 11.3 Å². The summed E-state index contributed by atoms with van der Waals surface area (Å²) in [5.41, 5.74) is 1.07. The molecule has 0 aromatic carbocycles.